The zero-order valence-corrected chi connectivity index (χ0v) is 14.4. The quantitative estimate of drug-likeness (QED) is 0.451. The van der Waals surface area contributed by atoms with Gasteiger partial charge in [0.15, 0.2) is 11.9 Å². The van der Waals surface area contributed by atoms with Crippen LogP contribution in [0.25, 0.3) is 0 Å². The number of fused-ring (bicyclic) bond motifs is 2. The first kappa shape index (κ1) is 16.0. The van der Waals surface area contributed by atoms with Crippen LogP contribution in [0.4, 0.5) is 0 Å². The maximum atomic E-state index is 6.45. The molecule has 4 heterocycles. The third-order valence-corrected chi connectivity index (χ3v) is 6.46. The molecule has 5 fully saturated rings. The van der Waals surface area contributed by atoms with Crippen LogP contribution in [0, 0.1) is 17.8 Å². The van der Waals surface area contributed by atoms with Crippen LogP contribution < -0.4 is 0 Å². The number of rotatable bonds is 4. The maximum Gasteiger partial charge on any atom is 0.201 e. The standard InChI is InChI=1S/C18H28O5/c1-5-10-19-11-16(3)14-7-6-12(2)13-8-9-17(4)21-15(20-16)18(13,14)23-22-17/h5,12-15H,1,6-11H2,2-4H3/t12-,13+,14?,15-,16-,17-,18-/m1/s1. The zero-order valence-electron chi connectivity index (χ0n) is 14.4. The summed E-state index contributed by atoms with van der Waals surface area (Å²) in [6.07, 6.45) is 5.52. The van der Waals surface area contributed by atoms with E-state index < -0.39 is 17.0 Å². The first-order chi connectivity index (χ1) is 10.9. The fourth-order valence-corrected chi connectivity index (χ4v) is 5.29. The van der Waals surface area contributed by atoms with Crippen molar-refractivity contribution >= 4 is 0 Å². The Labute approximate surface area is 138 Å². The molecule has 5 heteroatoms. The lowest BCUT2D eigenvalue weighted by Gasteiger charge is -2.50. The Kier molecular flexibility index (Phi) is 3.67. The summed E-state index contributed by atoms with van der Waals surface area (Å²) in [5.41, 5.74) is -0.919. The summed E-state index contributed by atoms with van der Waals surface area (Å²) < 4.78 is 18.5. The van der Waals surface area contributed by atoms with Gasteiger partial charge in [0.05, 0.1) is 18.8 Å². The normalized spacial score (nSPS) is 54.6. The highest BCUT2D eigenvalue weighted by atomic mass is 17.3. The van der Waals surface area contributed by atoms with Crippen molar-refractivity contribution in [1.29, 1.82) is 0 Å². The minimum Gasteiger partial charge on any atom is -0.374 e. The van der Waals surface area contributed by atoms with Crippen molar-refractivity contribution in [2.75, 3.05) is 13.2 Å². The number of hydrogen-bond donors (Lipinski definition) is 0. The van der Waals surface area contributed by atoms with Crippen LogP contribution in [0.3, 0.4) is 0 Å². The highest BCUT2D eigenvalue weighted by Gasteiger charge is 2.73. The average molecular weight is 324 g/mol. The van der Waals surface area contributed by atoms with Crippen molar-refractivity contribution < 1.29 is 24.0 Å². The van der Waals surface area contributed by atoms with E-state index >= 15 is 0 Å². The molecular formula is C18H28O5. The average Bonchev–Trinajstić information content (AvgIpc) is 2.61. The molecular weight excluding hydrogens is 296 g/mol. The predicted molar refractivity (Wildman–Crippen MR) is 83.3 cm³/mol. The van der Waals surface area contributed by atoms with Crippen molar-refractivity contribution in [3.63, 3.8) is 0 Å². The van der Waals surface area contributed by atoms with Crippen LogP contribution in [0.5, 0.6) is 0 Å². The Morgan fingerprint density at radius 1 is 1.17 bits per heavy atom. The summed E-state index contributed by atoms with van der Waals surface area (Å²) in [4.78, 5) is 11.9. The molecule has 23 heavy (non-hydrogen) atoms. The fourth-order valence-electron chi connectivity index (χ4n) is 5.29. The van der Waals surface area contributed by atoms with Gasteiger partial charge < -0.3 is 14.2 Å². The van der Waals surface area contributed by atoms with Gasteiger partial charge in [-0.15, -0.1) is 6.58 Å². The Hall–Kier alpha value is -0.460. The monoisotopic (exact) mass is 324 g/mol. The molecule has 7 atom stereocenters. The topological polar surface area (TPSA) is 46.2 Å². The molecule has 0 radical (unpaired) electrons. The van der Waals surface area contributed by atoms with E-state index in [1.807, 2.05) is 6.92 Å². The molecule has 1 spiro atoms. The van der Waals surface area contributed by atoms with Gasteiger partial charge in [-0.3, -0.25) is 0 Å². The summed E-state index contributed by atoms with van der Waals surface area (Å²) in [5.74, 6) is 0.497. The summed E-state index contributed by atoms with van der Waals surface area (Å²) in [7, 11) is 0. The van der Waals surface area contributed by atoms with Gasteiger partial charge in [0.25, 0.3) is 0 Å². The van der Waals surface area contributed by atoms with E-state index in [-0.39, 0.29) is 12.2 Å². The van der Waals surface area contributed by atoms with Crippen LogP contribution in [-0.4, -0.2) is 36.5 Å². The maximum absolute atomic E-state index is 6.45. The lowest BCUT2D eigenvalue weighted by Crippen LogP contribution is -2.62. The third-order valence-electron chi connectivity index (χ3n) is 6.46. The number of ether oxygens (including phenoxy) is 3. The lowest BCUT2D eigenvalue weighted by atomic mass is 9.60. The molecule has 2 bridgehead atoms. The van der Waals surface area contributed by atoms with Gasteiger partial charge in [0.2, 0.25) is 5.79 Å². The van der Waals surface area contributed by atoms with Crippen molar-refractivity contribution in [2.45, 2.75) is 69.7 Å². The smallest absolute Gasteiger partial charge is 0.201 e. The number of hydrogen-bond acceptors (Lipinski definition) is 5. The predicted octanol–water partition coefficient (Wildman–Crippen LogP) is 3.19. The Balaban J connectivity index is 1.70. The molecule has 0 amide bonds. The molecule has 0 N–H and O–H groups in total. The zero-order chi connectivity index (χ0) is 16.3. The molecule has 1 saturated carbocycles. The highest BCUT2D eigenvalue weighted by Crippen LogP contribution is 2.63. The second-order valence-corrected chi connectivity index (χ2v) is 8.09. The molecule has 4 aliphatic heterocycles. The van der Waals surface area contributed by atoms with E-state index in [0.717, 1.165) is 19.3 Å². The van der Waals surface area contributed by atoms with Gasteiger partial charge in [0.1, 0.15) is 0 Å². The Bertz CT molecular complexity index is 496. The lowest BCUT2D eigenvalue weighted by molar-refractivity contribution is -0.541. The first-order valence-electron chi connectivity index (χ1n) is 8.85. The Morgan fingerprint density at radius 3 is 2.78 bits per heavy atom. The van der Waals surface area contributed by atoms with Crippen LogP contribution in [0.15, 0.2) is 12.7 Å². The van der Waals surface area contributed by atoms with Gasteiger partial charge in [0, 0.05) is 12.3 Å². The van der Waals surface area contributed by atoms with Gasteiger partial charge in [-0.1, -0.05) is 13.0 Å². The van der Waals surface area contributed by atoms with Crippen LogP contribution in [0.2, 0.25) is 0 Å². The van der Waals surface area contributed by atoms with E-state index in [1.165, 1.54) is 6.42 Å². The summed E-state index contributed by atoms with van der Waals surface area (Å²) >= 11 is 0. The highest BCUT2D eigenvalue weighted by molar-refractivity contribution is 5.15. The van der Waals surface area contributed by atoms with E-state index in [1.54, 1.807) is 6.08 Å². The van der Waals surface area contributed by atoms with E-state index in [2.05, 4.69) is 20.4 Å². The summed E-state index contributed by atoms with van der Waals surface area (Å²) in [6, 6.07) is 0. The molecule has 4 saturated heterocycles. The van der Waals surface area contributed by atoms with Crippen LogP contribution >= 0.6 is 0 Å². The molecule has 1 unspecified atom stereocenters. The third kappa shape index (κ3) is 2.17. The van der Waals surface area contributed by atoms with Crippen LogP contribution in [-0.2, 0) is 24.0 Å². The minimum atomic E-state index is -0.704. The van der Waals surface area contributed by atoms with E-state index in [0.29, 0.717) is 25.0 Å². The van der Waals surface area contributed by atoms with Gasteiger partial charge >= 0.3 is 0 Å². The second-order valence-electron chi connectivity index (χ2n) is 8.09. The molecule has 0 aromatic rings. The molecule has 0 aromatic carbocycles. The summed E-state index contributed by atoms with van der Waals surface area (Å²) in [6.45, 7) is 11.2. The van der Waals surface area contributed by atoms with Crippen molar-refractivity contribution in [1.82, 2.24) is 0 Å². The first-order valence-corrected chi connectivity index (χ1v) is 8.85. The van der Waals surface area contributed by atoms with Crippen molar-refractivity contribution in [3.8, 4) is 0 Å². The largest absolute Gasteiger partial charge is 0.374 e. The van der Waals surface area contributed by atoms with Crippen LogP contribution in [0.1, 0.15) is 46.5 Å². The molecule has 5 rings (SSSR count). The molecule has 5 nitrogen and oxygen atoms in total. The van der Waals surface area contributed by atoms with Gasteiger partial charge in [-0.25, -0.2) is 9.78 Å². The molecule has 5 aliphatic rings. The summed E-state index contributed by atoms with van der Waals surface area (Å²) in [5, 5.41) is 0. The Morgan fingerprint density at radius 2 is 2.00 bits per heavy atom. The van der Waals surface area contributed by atoms with E-state index in [9.17, 15) is 0 Å². The van der Waals surface area contributed by atoms with Crippen molar-refractivity contribution in [2.24, 2.45) is 17.8 Å². The molecule has 0 aromatic heterocycles. The second kappa shape index (κ2) is 5.27. The minimum absolute atomic E-state index is 0.216. The molecule has 130 valence electrons. The molecule has 1 aliphatic carbocycles. The fraction of sp³-hybridized carbons (Fsp3) is 0.889. The van der Waals surface area contributed by atoms with Gasteiger partial charge in [-0.2, -0.15) is 0 Å². The van der Waals surface area contributed by atoms with E-state index in [4.69, 9.17) is 24.0 Å². The van der Waals surface area contributed by atoms with Gasteiger partial charge in [-0.05, 0) is 44.9 Å². The van der Waals surface area contributed by atoms with Crippen molar-refractivity contribution in [3.05, 3.63) is 12.7 Å². The SMILES string of the molecule is C=CCOC[C@@]1(C)O[C@@H]2O[C@@]3(C)CC[C@H]4[C@H](C)CCC1[C@@]24OO3.